The molecule has 0 amide bonds. The highest BCUT2D eigenvalue weighted by molar-refractivity contribution is 5.51. The van der Waals surface area contributed by atoms with Crippen LogP contribution in [0.25, 0.3) is 11.5 Å². The van der Waals surface area contributed by atoms with Gasteiger partial charge in [-0.1, -0.05) is 0 Å². The number of hydrogen-bond donors (Lipinski definition) is 1. The van der Waals surface area contributed by atoms with Crippen LogP contribution < -0.4 is 5.84 Å². The zero-order valence-corrected chi connectivity index (χ0v) is 10.8. The standard InChI is InChI=1S/C11H17N7/c1-7-6-9(16(3)15-7)11-14-13-10-8(2)18(12)5-4-17(10)11/h6,8H,4-5,12H2,1-3H3/t8-/m1/s1. The average Bonchev–Trinajstić information content (AvgIpc) is 2.87. The third-order valence-electron chi connectivity index (χ3n) is 3.46. The van der Waals surface area contributed by atoms with Gasteiger partial charge < -0.3 is 4.57 Å². The number of nitrogens with zero attached hydrogens (tertiary/aromatic N) is 6. The summed E-state index contributed by atoms with van der Waals surface area (Å²) in [6.07, 6.45) is 0. The molecule has 0 spiro atoms. The van der Waals surface area contributed by atoms with Gasteiger partial charge in [-0.05, 0) is 19.9 Å². The summed E-state index contributed by atoms with van der Waals surface area (Å²) < 4.78 is 3.97. The Morgan fingerprint density at radius 1 is 1.33 bits per heavy atom. The highest BCUT2D eigenvalue weighted by Crippen LogP contribution is 2.26. The molecule has 1 atom stereocenters. The lowest BCUT2D eigenvalue weighted by atomic mass is 10.2. The first kappa shape index (κ1) is 11.4. The molecule has 3 heterocycles. The molecule has 0 fully saturated rings. The van der Waals surface area contributed by atoms with Crippen molar-refractivity contribution in [3.05, 3.63) is 17.6 Å². The fraction of sp³-hybridized carbons (Fsp3) is 0.545. The van der Waals surface area contributed by atoms with Gasteiger partial charge in [0.2, 0.25) is 0 Å². The molecule has 2 aromatic heterocycles. The predicted molar refractivity (Wildman–Crippen MR) is 66.3 cm³/mol. The SMILES string of the molecule is Cc1cc(-c2nnc3n2CCN(N)[C@@H]3C)n(C)n1. The zero-order valence-electron chi connectivity index (χ0n) is 10.8. The first-order valence-electron chi connectivity index (χ1n) is 6.03. The quantitative estimate of drug-likeness (QED) is 0.730. The summed E-state index contributed by atoms with van der Waals surface area (Å²) >= 11 is 0. The monoisotopic (exact) mass is 247 g/mol. The van der Waals surface area contributed by atoms with Crippen molar-refractivity contribution in [3.8, 4) is 11.5 Å². The fourth-order valence-corrected chi connectivity index (χ4v) is 2.41. The van der Waals surface area contributed by atoms with Crippen molar-refractivity contribution in [2.24, 2.45) is 12.9 Å². The molecule has 18 heavy (non-hydrogen) atoms. The Hall–Kier alpha value is -1.73. The van der Waals surface area contributed by atoms with Crippen LogP contribution in [0.3, 0.4) is 0 Å². The third-order valence-corrected chi connectivity index (χ3v) is 3.46. The van der Waals surface area contributed by atoms with Gasteiger partial charge in [0, 0.05) is 20.1 Å². The van der Waals surface area contributed by atoms with Gasteiger partial charge in [0.15, 0.2) is 11.6 Å². The van der Waals surface area contributed by atoms with E-state index in [9.17, 15) is 0 Å². The van der Waals surface area contributed by atoms with E-state index in [4.69, 9.17) is 5.84 Å². The lowest BCUT2D eigenvalue weighted by molar-refractivity contribution is 0.168. The van der Waals surface area contributed by atoms with Gasteiger partial charge in [0.05, 0.1) is 11.7 Å². The van der Waals surface area contributed by atoms with E-state index in [-0.39, 0.29) is 6.04 Å². The van der Waals surface area contributed by atoms with Crippen molar-refractivity contribution in [3.63, 3.8) is 0 Å². The summed E-state index contributed by atoms with van der Waals surface area (Å²) in [6.45, 7) is 5.62. The maximum absolute atomic E-state index is 5.91. The van der Waals surface area contributed by atoms with Crippen LogP contribution in [0, 0.1) is 6.92 Å². The Morgan fingerprint density at radius 3 is 2.78 bits per heavy atom. The minimum absolute atomic E-state index is 0.0920. The van der Waals surface area contributed by atoms with E-state index < -0.39 is 0 Å². The van der Waals surface area contributed by atoms with Crippen molar-refractivity contribution >= 4 is 0 Å². The van der Waals surface area contributed by atoms with Gasteiger partial charge >= 0.3 is 0 Å². The molecule has 2 aromatic rings. The number of nitrogens with two attached hydrogens (primary N) is 1. The maximum atomic E-state index is 5.91. The minimum Gasteiger partial charge on any atom is -0.307 e. The molecule has 96 valence electrons. The van der Waals surface area contributed by atoms with Crippen LogP contribution in [-0.2, 0) is 13.6 Å². The van der Waals surface area contributed by atoms with Crippen molar-refractivity contribution in [1.82, 2.24) is 29.6 Å². The van der Waals surface area contributed by atoms with E-state index in [0.29, 0.717) is 0 Å². The fourth-order valence-electron chi connectivity index (χ4n) is 2.41. The predicted octanol–water partition coefficient (Wildman–Crippen LogP) is 0.237. The number of aryl methyl sites for hydroxylation is 2. The molecule has 1 aliphatic heterocycles. The summed E-state index contributed by atoms with van der Waals surface area (Å²) in [5.74, 6) is 7.69. The summed E-state index contributed by atoms with van der Waals surface area (Å²) in [5, 5.41) is 14.7. The van der Waals surface area contributed by atoms with Crippen LogP contribution in [-0.4, -0.2) is 36.1 Å². The highest BCUT2D eigenvalue weighted by atomic mass is 15.5. The number of fused-ring (bicyclic) bond motifs is 1. The zero-order chi connectivity index (χ0) is 12.9. The molecule has 0 radical (unpaired) electrons. The molecular formula is C11H17N7. The van der Waals surface area contributed by atoms with Crippen molar-refractivity contribution in [1.29, 1.82) is 0 Å². The number of hydrazine groups is 1. The molecule has 0 saturated carbocycles. The number of hydrogen-bond acceptors (Lipinski definition) is 5. The molecule has 0 aliphatic carbocycles. The van der Waals surface area contributed by atoms with E-state index in [2.05, 4.69) is 19.9 Å². The minimum atomic E-state index is 0.0920. The van der Waals surface area contributed by atoms with Crippen molar-refractivity contribution < 1.29 is 0 Å². The Labute approximate surface area is 105 Å². The van der Waals surface area contributed by atoms with E-state index in [1.165, 1.54) is 0 Å². The third kappa shape index (κ3) is 1.55. The van der Waals surface area contributed by atoms with Gasteiger partial charge in [-0.25, -0.2) is 5.01 Å². The molecule has 0 bridgehead atoms. The molecule has 7 nitrogen and oxygen atoms in total. The molecule has 3 rings (SSSR count). The van der Waals surface area contributed by atoms with Crippen LogP contribution in [0.15, 0.2) is 6.07 Å². The van der Waals surface area contributed by atoms with E-state index >= 15 is 0 Å². The van der Waals surface area contributed by atoms with Crippen LogP contribution in [0.2, 0.25) is 0 Å². The topological polar surface area (TPSA) is 77.8 Å². The molecule has 7 heteroatoms. The second kappa shape index (κ2) is 3.89. The van der Waals surface area contributed by atoms with Gasteiger partial charge in [0.1, 0.15) is 5.69 Å². The summed E-state index contributed by atoms with van der Waals surface area (Å²) in [6, 6.07) is 2.12. The average molecular weight is 247 g/mol. The number of aromatic nitrogens is 5. The van der Waals surface area contributed by atoms with Gasteiger partial charge in [-0.15, -0.1) is 10.2 Å². The van der Waals surface area contributed by atoms with Crippen LogP contribution >= 0.6 is 0 Å². The second-order valence-corrected chi connectivity index (χ2v) is 4.74. The summed E-state index contributed by atoms with van der Waals surface area (Å²) in [7, 11) is 1.92. The van der Waals surface area contributed by atoms with Gasteiger partial charge in [-0.3, -0.25) is 10.5 Å². The van der Waals surface area contributed by atoms with Crippen LogP contribution in [0.1, 0.15) is 24.5 Å². The summed E-state index contributed by atoms with van der Waals surface area (Å²) in [4.78, 5) is 0. The van der Waals surface area contributed by atoms with Gasteiger partial charge in [-0.2, -0.15) is 5.10 Å². The molecule has 2 N–H and O–H groups in total. The first-order chi connectivity index (χ1) is 8.58. The molecule has 1 aliphatic rings. The maximum Gasteiger partial charge on any atom is 0.182 e. The molecule has 0 unspecified atom stereocenters. The van der Waals surface area contributed by atoms with Crippen LogP contribution in [0.5, 0.6) is 0 Å². The highest BCUT2D eigenvalue weighted by Gasteiger charge is 2.27. The van der Waals surface area contributed by atoms with Gasteiger partial charge in [0.25, 0.3) is 0 Å². The lowest BCUT2D eigenvalue weighted by Crippen LogP contribution is -2.41. The molecular weight excluding hydrogens is 230 g/mol. The Kier molecular flexibility index (Phi) is 2.46. The van der Waals surface area contributed by atoms with Crippen molar-refractivity contribution in [2.45, 2.75) is 26.4 Å². The summed E-state index contributed by atoms with van der Waals surface area (Å²) in [5.41, 5.74) is 1.97. The largest absolute Gasteiger partial charge is 0.307 e. The Morgan fingerprint density at radius 2 is 2.11 bits per heavy atom. The molecule has 0 saturated heterocycles. The smallest absolute Gasteiger partial charge is 0.182 e. The second-order valence-electron chi connectivity index (χ2n) is 4.74. The Bertz CT molecular complexity index is 582. The normalized spacial score (nSPS) is 20.1. The van der Waals surface area contributed by atoms with Crippen LogP contribution in [0.4, 0.5) is 0 Å². The number of rotatable bonds is 1. The Balaban J connectivity index is 2.11. The van der Waals surface area contributed by atoms with Crippen molar-refractivity contribution in [2.75, 3.05) is 6.54 Å². The lowest BCUT2D eigenvalue weighted by Gasteiger charge is -2.29. The first-order valence-corrected chi connectivity index (χ1v) is 6.03. The molecule has 0 aromatic carbocycles. The van der Waals surface area contributed by atoms with E-state index in [1.54, 1.807) is 5.01 Å². The van der Waals surface area contributed by atoms with E-state index in [1.807, 2.05) is 31.6 Å². The van der Waals surface area contributed by atoms with E-state index in [0.717, 1.165) is 36.1 Å².